The van der Waals surface area contributed by atoms with Crippen LogP contribution < -0.4 is 5.32 Å². The van der Waals surface area contributed by atoms with Gasteiger partial charge in [-0.1, -0.05) is 12.1 Å². The van der Waals surface area contributed by atoms with E-state index in [1.165, 1.54) is 12.4 Å². The maximum atomic E-state index is 12.3. The number of nitrogens with one attached hydrogen (secondary N) is 2. The van der Waals surface area contributed by atoms with Crippen molar-refractivity contribution in [3.8, 4) is 34.0 Å². The van der Waals surface area contributed by atoms with E-state index in [9.17, 15) is 4.79 Å². The minimum Gasteiger partial charge on any atom is -0.462 e. The molecule has 1 aliphatic heterocycles. The molecule has 0 amide bonds. The van der Waals surface area contributed by atoms with E-state index in [4.69, 9.17) is 4.74 Å². The van der Waals surface area contributed by atoms with E-state index in [1.54, 1.807) is 12.5 Å². The molecular weight excluding hydrogens is 454 g/mol. The van der Waals surface area contributed by atoms with Crippen LogP contribution in [0, 0.1) is 12.8 Å². The maximum Gasteiger partial charge on any atom is 0.341 e. The summed E-state index contributed by atoms with van der Waals surface area (Å²) in [4.78, 5) is 38.0. The molecule has 0 bridgehead atoms. The molecule has 0 unspecified atom stereocenters. The number of hydrogen-bond donors (Lipinski definition) is 2. The normalized spacial score (nSPS) is 13.5. The third-order valence-electron chi connectivity index (χ3n) is 6.20. The van der Waals surface area contributed by atoms with Crippen LogP contribution in [0.4, 0.5) is 0 Å². The van der Waals surface area contributed by atoms with Gasteiger partial charge in [-0.3, -0.25) is 9.97 Å². The first-order valence-electron chi connectivity index (χ1n) is 11.7. The van der Waals surface area contributed by atoms with Crippen molar-refractivity contribution in [1.82, 2.24) is 35.2 Å². The van der Waals surface area contributed by atoms with Crippen LogP contribution in [0.2, 0.25) is 0 Å². The van der Waals surface area contributed by atoms with E-state index in [0.29, 0.717) is 23.9 Å². The summed E-state index contributed by atoms with van der Waals surface area (Å²) in [6.45, 7) is 4.13. The number of nitrogens with zero attached hydrogens (tertiary/aromatic N) is 5. The summed E-state index contributed by atoms with van der Waals surface area (Å²) < 4.78 is 5.35. The molecular formula is C27H23N7O2. The lowest BCUT2D eigenvalue weighted by molar-refractivity contribution is 0.0397. The highest BCUT2D eigenvalue weighted by atomic mass is 16.5. The van der Waals surface area contributed by atoms with Gasteiger partial charge in [-0.25, -0.2) is 19.7 Å². The molecule has 1 fully saturated rings. The number of H-pyrrole nitrogens is 1. The highest BCUT2D eigenvalue weighted by molar-refractivity contribution is 5.90. The molecule has 6 rings (SSSR count). The van der Waals surface area contributed by atoms with Crippen molar-refractivity contribution in [3.63, 3.8) is 0 Å². The average Bonchev–Trinajstić information content (AvgIpc) is 3.37. The van der Waals surface area contributed by atoms with Gasteiger partial charge in [0.25, 0.3) is 0 Å². The second-order valence-electron chi connectivity index (χ2n) is 8.84. The van der Waals surface area contributed by atoms with Crippen LogP contribution >= 0.6 is 0 Å². The Morgan fingerprint density at radius 3 is 2.61 bits per heavy atom. The van der Waals surface area contributed by atoms with Gasteiger partial charge < -0.3 is 15.0 Å². The summed E-state index contributed by atoms with van der Waals surface area (Å²) in [5, 5.41) is 4.08. The molecule has 1 saturated heterocycles. The third-order valence-corrected chi connectivity index (χ3v) is 6.20. The molecule has 1 aromatic carbocycles. The van der Waals surface area contributed by atoms with Crippen molar-refractivity contribution in [3.05, 3.63) is 78.6 Å². The zero-order valence-corrected chi connectivity index (χ0v) is 19.6. The van der Waals surface area contributed by atoms with Gasteiger partial charge in [0, 0.05) is 59.8 Å². The minimum atomic E-state index is -0.410. The van der Waals surface area contributed by atoms with E-state index in [0.717, 1.165) is 57.9 Å². The number of rotatable bonds is 6. The van der Waals surface area contributed by atoms with Crippen LogP contribution in [0.15, 0.2) is 67.4 Å². The Morgan fingerprint density at radius 1 is 1.00 bits per heavy atom. The maximum absolute atomic E-state index is 12.3. The number of ether oxygens (including phenoxy) is 1. The molecule has 4 aromatic heterocycles. The summed E-state index contributed by atoms with van der Waals surface area (Å²) in [7, 11) is 0. The number of imidazole rings is 1. The fourth-order valence-corrected chi connectivity index (χ4v) is 4.12. The molecule has 0 aliphatic carbocycles. The lowest BCUT2D eigenvalue weighted by atomic mass is 10.0. The second-order valence-corrected chi connectivity index (χ2v) is 8.84. The van der Waals surface area contributed by atoms with E-state index in [2.05, 4.69) is 35.2 Å². The summed E-state index contributed by atoms with van der Waals surface area (Å²) in [6, 6.07) is 13.9. The number of carbonyl (C=O) groups excluding carboxylic acids is 1. The van der Waals surface area contributed by atoms with Crippen LogP contribution in [0.1, 0.15) is 16.1 Å². The Morgan fingerprint density at radius 2 is 1.83 bits per heavy atom. The fourth-order valence-electron chi connectivity index (χ4n) is 4.12. The van der Waals surface area contributed by atoms with Crippen molar-refractivity contribution < 1.29 is 9.53 Å². The van der Waals surface area contributed by atoms with Crippen molar-refractivity contribution in [2.75, 3.05) is 19.7 Å². The number of aryl methyl sites for hydroxylation is 1. The Kier molecular flexibility index (Phi) is 5.67. The number of carbonyl (C=O) groups is 1. The van der Waals surface area contributed by atoms with Gasteiger partial charge in [-0.15, -0.1) is 0 Å². The third kappa shape index (κ3) is 4.32. The zero-order valence-electron chi connectivity index (χ0n) is 19.6. The molecule has 5 heterocycles. The zero-order chi connectivity index (χ0) is 24.5. The highest BCUT2D eigenvalue weighted by Gasteiger charge is 2.19. The number of aromatic amines is 1. The topological polar surface area (TPSA) is 119 Å². The summed E-state index contributed by atoms with van der Waals surface area (Å²) in [6.07, 6.45) is 6.40. The van der Waals surface area contributed by atoms with Crippen molar-refractivity contribution in [1.29, 1.82) is 0 Å². The highest BCUT2D eigenvalue weighted by Crippen LogP contribution is 2.30. The molecule has 0 saturated carbocycles. The summed E-state index contributed by atoms with van der Waals surface area (Å²) in [5.74, 6) is 0.458. The number of hydrogen-bond acceptors (Lipinski definition) is 8. The van der Waals surface area contributed by atoms with E-state index >= 15 is 0 Å². The number of esters is 1. The van der Waals surface area contributed by atoms with Gasteiger partial charge in [0.1, 0.15) is 0 Å². The average molecular weight is 478 g/mol. The minimum absolute atomic E-state index is 0.331. The lowest BCUT2D eigenvalue weighted by Crippen LogP contribution is -2.44. The van der Waals surface area contributed by atoms with Gasteiger partial charge in [0.05, 0.1) is 41.1 Å². The predicted octanol–water partition coefficient (Wildman–Crippen LogP) is 3.83. The number of aromatic nitrogens is 6. The molecule has 0 spiro atoms. The standard InChI is InChI=1S/C27H23N7O2/c1-16-3-2-4-23(34-16)25-24(32-15-33-25)18-5-6-22-19(7-18)8-20(11-29-22)26-30-12-21(13-31-26)27(35)36-14-17-9-28-10-17/h2-8,11-13,15,17,28H,9-10,14H2,1H3,(H,32,33). The summed E-state index contributed by atoms with van der Waals surface area (Å²) >= 11 is 0. The van der Waals surface area contributed by atoms with E-state index in [1.807, 2.05) is 49.4 Å². The monoisotopic (exact) mass is 477 g/mol. The van der Waals surface area contributed by atoms with Gasteiger partial charge in [-0.05, 0) is 37.3 Å². The quantitative estimate of drug-likeness (QED) is 0.354. The molecule has 0 radical (unpaired) electrons. The number of pyridine rings is 2. The van der Waals surface area contributed by atoms with Crippen LogP contribution in [-0.2, 0) is 4.74 Å². The SMILES string of the molecule is Cc1cccc(-c2[nH]cnc2-c2ccc3ncc(-c4ncc(C(=O)OCC5CNC5)cn4)cc3c2)n1. The van der Waals surface area contributed by atoms with Crippen LogP contribution in [0.3, 0.4) is 0 Å². The Bertz CT molecular complexity index is 1560. The molecule has 36 heavy (non-hydrogen) atoms. The predicted molar refractivity (Wildman–Crippen MR) is 135 cm³/mol. The largest absolute Gasteiger partial charge is 0.462 e. The van der Waals surface area contributed by atoms with Crippen LogP contribution in [0.25, 0.3) is 44.9 Å². The molecule has 1 aliphatic rings. The van der Waals surface area contributed by atoms with Crippen molar-refractivity contribution >= 4 is 16.9 Å². The van der Waals surface area contributed by atoms with Crippen molar-refractivity contribution in [2.45, 2.75) is 6.92 Å². The second kappa shape index (κ2) is 9.27. The molecule has 0 atom stereocenters. The lowest BCUT2D eigenvalue weighted by Gasteiger charge is -2.26. The van der Waals surface area contributed by atoms with Crippen LogP contribution in [0.5, 0.6) is 0 Å². The van der Waals surface area contributed by atoms with E-state index < -0.39 is 5.97 Å². The molecule has 9 heteroatoms. The van der Waals surface area contributed by atoms with Gasteiger partial charge in [-0.2, -0.15) is 0 Å². The fraction of sp³-hybridized carbons (Fsp3) is 0.185. The number of benzene rings is 1. The van der Waals surface area contributed by atoms with Gasteiger partial charge in [0.2, 0.25) is 0 Å². The van der Waals surface area contributed by atoms with E-state index in [-0.39, 0.29) is 0 Å². The molecule has 9 nitrogen and oxygen atoms in total. The first-order chi connectivity index (χ1) is 17.6. The Balaban J connectivity index is 1.27. The number of fused-ring (bicyclic) bond motifs is 1. The molecule has 5 aromatic rings. The molecule has 178 valence electrons. The Labute approximate surface area is 207 Å². The summed E-state index contributed by atoms with van der Waals surface area (Å²) in [5.41, 5.74) is 6.33. The molecule has 2 N–H and O–H groups in total. The van der Waals surface area contributed by atoms with Gasteiger partial charge >= 0.3 is 5.97 Å². The van der Waals surface area contributed by atoms with Crippen molar-refractivity contribution in [2.24, 2.45) is 5.92 Å². The smallest absolute Gasteiger partial charge is 0.341 e. The Hall–Kier alpha value is -4.50. The first kappa shape index (κ1) is 22.0. The first-order valence-corrected chi connectivity index (χ1v) is 11.7. The van der Waals surface area contributed by atoms with Gasteiger partial charge in [0.15, 0.2) is 5.82 Å². The van der Waals surface area contributed by atoms with Crippen LogP contribution in [-0.4, -0.2) is 55.6 Å².